The van der Waals surface area contributed by atoms with Crippen molar-refractivity contribution in [3.05, 3.63) is 84.2 Å². The summed E-state index contributed by atoms with van der Waals surface area (Å²) in [6.07, 6.45) is 3.35. The molecule has 0 spiro atoms. The molecule has 0 aliphatic carbocycles. The third-order valence-electron chi connectivity index (χ3n) is 3.64. The maximum atomic E-state index is 12.2. The van der Waals surface area contributed by atoms with Crippen LogP contribution in [0.1, 0.15) is 15.9 Å². The lowest BCUT2D eigenvalue weighted by Crippen LogP contribution is -2.05. The molecule has 0 atom stereocenters. The van der Waals surface area contributed by atoms with E-state index in [-0.39, 0.29) is 12.6 Å². The van der Waals surface area contributed by atoms with Gasteiger partial charge in [-0.15, -0.1) is 0 Å². The minimum absolute atomic E-state index is 0.230. The number of aromatic nitrogens is 1. The minimum Gasteiger partial charge on any atom is -0.497 e. The van der Waals surface area contributed by atoms with Crippen molar-refractivity contribution < 1.29 is 14.3 Å². The van der Waals surface area contributed by atoms with E-state index >= 15 is 0 Å². The molecular formula is C20H17NO3. The van der Waals surface area contributed by atoms with Gasteiger partial charge < -0.3 is 9.47 Å². The summed E-state index contributed by atoms with van der Waals surface area (Å²) < 4.78 is 10.5. The first-order valence-electron chi connectivity index (χ1n) is 7.57. The van der Waals surface area contributed by atoms with Crippen LogP contribution in [0, 0.1) is 0 Å². The fourth-order valence-corrected chi connectivity index (χ4v) is 2.32. The number of carbonyl (C=O) groups is 1. The van der Waals surface area contributed by atoms with Crippen LogP contribution in [0.25, 0.3) is 11.1 Å². The summed E-state index contributed by atoms with van der Waals surface area (Å²) in [6.45, 7) is 0.230. The summed E-state index contributed by atoms with van der Waals surface area (Å²) in [7, 11) is 1.63. The van der Waals surface area contributed by atoms with Gasteiger partial charge in [0.15, 0.2) is 0 Å². The summed E-state index contributed by atoms with van der Waals surface area (Å²) in [4.78, 5) is 16.2. The summed E-state index contributed by atoms with van der Waals surface area (Å²) in [5, 5.41) is 0. The Bertz CT molecular complexity index is 814. The van der Waals surface area contributed by atoms with Gasteiger partial charge in [0.1, 0.15) is 12.4 Å². The number of ether oxygens (including phenoxy) is 2. The van der Waals surface area contributed by atoms with Gasteiger partial charge in [-0.05, 0) is 53.1 Å². The van der Waals surface area contributed by atoms with Crippen LogP contribution in [0.2, 0.25) is 0 Å². The highest BCUT2D eigenvalue weighted by atomic mass is 16.5. The number of carbonyl (C=O) groups excluding carboxylic acids is 1. The summed E-state index contributed by atoms with van der Waals surface area (Å²) in [5.41, 5.74) is 3.40. The molecule has 1 heterocycles. The van der Waals surface area contributed by atoms with Crippen LogP contribution in [-0.2, 0) is 11.3 Å². The summed E-state index contributed by atoms with van der Waals surface area (Å²) in [5.74, 6) is 0.453. The van der Waals surface area contributed by atoms with Crippen LogP contribution >= 0.6 is 0 Å². The Morgan fingerprint density at radius 3 is 2.42 bits per heavy atom. The minimum atomic E-state index is -0.345. The molecule has 0 unspecified atom stereocenters. The molecule has 0 aliphatic heterocycles. The van der Waals surface area contributed by atoms with Crippen molar-refractivity contribution in [2.45, 2.75) is 6.61 Å². The van der Waals surface area contributed by atoms with Crippen molar-refractivity contribution in [1.29, 1.82) is 0 Å². The topological polar surface area (TPSA) is 48.4 Å². The van der Waals surface area contributed by atoms with Gasteiger partial charge in [0.2, 0.25) is 0 Å². The molecule has 4 heteroatoms. The molecule has 4 nitrogen and oxygen atoms in total. The molecule has 120 valence electrons. The number of benzene rings is 2. The highest BCUT2D eigenvalue weighted by molar-refractivity contribution is 5.91. The predicted molar refractivity (Wildman–Crippen MR) is 91.8 cm³/mol. The Balaban J connectivity index is 1.73. The second kappa shape index (κ2) is 7.42. The van der Waals surface area contributed by atoms with Crippen molar-refractivity contribution >= 4 is 5.97 Å². The van der Waals surface area contributed by atoms with Crippen LogP contribution in [0.15, 0.2) is 73.1 Å². The molecule has 2 aromatic carbocycles. The number of hydrogen-bond acceptors (Lipinski definition) is 4. The Labute approximate surface area is 140 Å². The zero-order valence-electron chi connectivity index (χ0n) is 13.3. The predicted octanol–water partition coefficient (Wildman–Crippen LogP) is 4.11. The average Bonchev–Trinajstić information content (AvgIpc) is 2.67. The quantitative estimate of drug-likeness (QED) is 0.664. The van der Waals surface area contributed by atoms with Crippen molar-refractivity contribution in [2.75, 3.05) is 7.11 Å². The molecule has 0 aliphatic rings. The maximum absolute atomic E-state index is 12.2. The Kier molecular flexibility index (Phi) is 4.87. The maximum Gasteiger partial charge on any atom is 0.338 e. The number of hydrogen-bond donors (Lipinski definition) is 0. The molecule has 0 saturated heterocycles. The van der Waals surface area contributed by atoms with E-state index in [2.05, 4.69) is 4.98 Å². The molecule has 0 saturated carbocycles. The monoisotopic (exact) mass is 319 g/mol. The number of nitrogens with zero attached hydrogens (tertiary/aromatic N) is 1. The first kappa shape index (κ1) is 15.7. The second-order valence-electron chi connectivity index (χ2n) is 5.24. The fraction of sp³-hybridized carbons (Fsp3) is 0.100. The zero-order valence-corrected chi connectivity index (χ0v) is 13.3. The second-order valence-corrected chi connectivity index (χ2v) is 5.24. The molecule has 3 aromatic rings. The molecule has 0 N–H and O–H groups in total. The molecule has 0 amide bonds. The van der Waals surface area contributed by atoms with Gasteiger partial charge in [0, 0.05) is 12.4 Å². The van der Waals surface area contributed by atoms with E-state index in [1.807, 2.05) is 54.6 Å². The van der Waals surface area contributed by atoms with E-state index in [9.17, 15) is 4.79 Å². The highest BCUT2D eigenvalue weighted by Crippen LogP contribution is 2.23. The SMILES string of the molecule is COc1ccc(-c2cccc(C(=O)OCc3ccncc3)c2)cc1. The molecule has 1 aromatic heterocycles. The smallest absolute Gasteiger partial charge is 0.338 e. The molecular weight excluding hydrogens is 302 g/mol. The molecule has 0 radical (unpaired) electrons. The standard InChI is InChI=1S/C20H17NO3/c1-23-19-7-5-16(6-8-19)17-3-2-4-18(13-17)20(22)24-14-15-9-11-21-12-10-15/h2-13H,14H2,1H3. The van der Waals surface area contributed by atoms with Crippen LogP contribution in [0.3, 0.4) is 0 Å². The van der Waals surface area contributed by atoms with E-state index in [0.29, 0.717) is 5.56 Å². The van der Waals surface area contributed by atoms with Crippen molar-refractivity contribution in [1.82, 2.24) is 4.98 Å². The van der Waals surface area contributed by atoms with Gasteiger partial charge in [-0.3, -0.25) is 4.98 Å². The largest absolute Gasteiger partial charge is 0.497 e. The molecule has 0 bridgehead atoms. The van der Waals surface area contributed by atoms with E-state index in [4.69, 9.17) is 9.47 Å². The van der Waals surface area contributed by atoms with Crippen LogP contribution in [0.5, 0.6) is 5.75 Å². The Morgan fingerprint density at radius 1 is 0.958 bits per heavy atom. The van der Waals surface area contributed by atoms with Crippen molar-refractivity contribution in [2.24, 2.45) is 0 Å². The van der Waals surface area contributed by atoms with E-state index in [1.165, 1.54) is 0 Å². The van der Waals surface area contributed by atoms with E-state index in [0.717, 1.165) is 22.4 Å². The lowest BCUT2D eigenvalue weighted by molar-refractivity contribution is 0.0472. The number of rotatable bonds is 5. The lowest BCUT2D eigenvalue weighted by atomic mass is 10.0. The number of pyridine rings is 1. The van der Waals surface area contributed by atoms with Crippen LogP contribution in [0.4, 0.5) is 0 Å². The van der Waals surface area contributed by atoms with Gasteiger partial charge in [-0.25, -0.2) is 4.79 Å². The Hall–Kier alpha value is -3.14. The molecule has 0 fully saturated rings. The fourth-order valence-electron chi connectivity index (χ4n) is 2.32. The van der Waals surface area contributed by atoms with Gasteiger partial charge in [0.25, 0.3) is 0 Å². The average molecular weight is 319 g/mol. The van der Waals surface area contributed by atoms with Gasteiger partial charge in [0.05, 0.1) is 12.7 Å². The first-order chi connectivity index (χ1) is 11.8. The van der Waals surface area contributed by atoms with E-state index in [1.54, 1.807) is 25.6 Å². The van der Waals surface area contributed by atoms with E-state index < -0.39 is 0 Å². The third-order valence-corrected chi connectivity index (χ3v) is 3.64. The van der Waals surface area contributed by atoms with Gasteiger partial charge in [-0.2, -0.15) is 0 Å². The molecule has 24 heavy (non-hydrogen) atoms. The Morgan fingerprint density at radius 2 is 1.71 bits per heavy atom. The lowest BCUT2D eigenvalue weighted by Gasteiger charge is -2.07. The van der Waals surface area contributed by atoms with Crippen LogP contribution < -0.4 is 4.74 Å². The van der Waals surface area contributed by atoms with Crippen molar-refractivity contribution in [3.8, 4) is 16.9 Å². The van der Waals surface area contributed by atoms with Crippen LogP contribution in [-0.4, -0.2) is 18.1 Å². The number of esters is 1. The summed E-state index contributed by atoms with van der Waals surface area (Å²) in [6, 6.07) is 18.7. The van der Waals surface area contributed by atoms with Gasteiger partial charge in [-0.1, -0.05) is 24.3 Å². The highest BCUT2D eigenvalue weighted by Gasteiger charge is 2.09. The first-order valence-corrected chi connectivity index (χ1v) is 7.57. The third kappa shape index (κ3) is 3.79. The number of methoxy groups -OCH3 is 1. The summed E-state index contributed by atoms with van der Waals surface area (Å²) >= 11 is 0. The molecule has 3 rings (SSSR count). The zero-order chi connectivity index (χ0) is 16.8. The van der Waals surface area contributed by atoms with Crippen molar-refractivity contribution in [3.63, 3.8) is 0 Å². The normalized spacial score (nSPS) is 10.2. The van der Waals surface area contributed by atoms with Gasteiger partial charge >= 0.3 is 5.97 Å².